The Hall–Kier alpha value is -2.90. The maximum Gasteiger partial charge on any atom is 0.416 e. The van der Waals surface area contributed by atoms with Gasteiger partial charge < -0.3 is 10.2 Å². The molecule has 0 bridgehead atoms. The Morgan fingerprint density at radius 2 is 1.63 bits per heavy atom. The van der Waals surface area contributed by atoms with Crippen LogP contribution in [0.1, 0.15) is 28.8 Å². The second-order valence-corrected chi connectivity index (χ2v) is 6.23. The van der Waals surface area contributed by atoms with Crippen molar-refractivity contribution >= 4 is 17.5 Å². The van der Waals surface area contributed by atoms with Gasteiger partial charge >= 0.3 is 6.18 Å². The van der Waals surface area contributed by atoms with Gasteiger partial charge in [-0.25, -0.2) is 4.39 Å². The quantitative estimate of drug-likeness (QED) is 0.816. The highest BCUT2D eigenvalue weighted by molar-refractivity contribution is 6.01. The van der Waals surface area contributed by atoms with Gasteiger partial charge in [0.1, 0.15) is 11.9 Å². The van der Waals surface area contributed by atoms with E-state index in [0.29, 0.717) is 19.4 Å². The van der Waals surface area contributed by atoms with Gasteiger partial charge in [0.25, 0.3) is 5.91 Å². The van der Waals surface area contributed by atoms with Crippen molar-refractivity contribution in [1.82, 2.24) is 4.90 Å². The average molecular weight is 380 g/mol. The minimum Gasteiger partial charge on any atom is -0.327 e. The lowest BCUT2D eigenvalue weighted by atomic mass is 10.1. The number of nitrogens with one attached hydrogen (secondary N) is 1. The molecule has 2 aromatic carbocycles. The smallest absolute Gasteiger partial charge is 0.327 e. The van der Waals surface area contributed by atoms with E-state index in [-0.39, 0.29) is 17.2 Å². The fourth-order valence-corrected chi connectivity index (χ4v) is 3.01. The first-order valence-corrected chi connectivity index (χ1v) is 8.30. The van der Waals surface area contributed by atoms with Gasteiger partial charge in [0, 0.05) is 17.8 Å². The summed E-state index contributed by atoms with van der Waals surface area (Å²) in [6, 6.07) is 8.40. The minimum atomic E-state index is -4.45. The van der Waals surface area contributed by atoms with Gasteiger partial charge in [0.05, 0.1) is 5.56 Å². The molecule has 1 aliphatic heterocycles. The molecule has 2 amide bonds. The molecule has 8 heteroatoms. The molecule has 1 N–H and O–H groups in total. The number of rotatable bonds is 3. The van der Waals surface area contributed by atoms with Crippen molar-refractivity contribution < 1.29 is 27.2 Å². The van der Waals surface area contributed by atoms with Crippen LogP contribution in [-0.4, -0.2) is 29.3 Å². The summed E-state index contributed by atoms with van der Waals surface area (Å²) in [7, 11) is 0. The number of hydrogen-bond donors (Lipinski definition) is 1. The lowest BCUT2D eigenvalue weighted by Gasteiger charge is -2.24. The van der Waals surface area contributed by atoms with Crippen LogP contribution in [-0.2, 0) is 11.0 Å². The number of likely N-dealkylation sites (tertiary alicyclic amines) is 1. The summed E-state index contributed by atoms with van der Waals surface area (Å²) in [6.07, 6.45) is -3.39. The average Bonchev–Trinajstić information content (AvgIpc) is 3.11. The van der Waals surface area contributed by atoms with Crippen LogP contribution in [0.5, 0.6) is 0 Å². The van der Waals surface area contributed by atoms with Crippen LogP contribution in [0, 0.1) is 5.82 Å². The zero-order valence-electron chi connectivity index (χ0n) is 14.1. The first-order chi connectivity index (χ1) is 12.8. The number of amides is 2. The van der Waals surface area contributed by atoms with E-state index in [9.17, 15) is 27.2 Å². The SMILES string of the molecule is O=C(Nc1ccc(C(F)(F)F)cc1)C1CCCN1C(=O)c1ccc(F)cc1. The monoisotopic (exact) mass is 380 g/mol. The Bertz CT molecular complexity index is 832. The van der Waals surface area contributed by atoms with Crippen LogP contribution < -0.4 is 5.32 Å². The van der Waals surface area contributed by atoms with E-state index in [1.54, 1.807) is 0 Å². The van der Waals surface area contributed by atoms with E-state index in [2.05, 4.69) is 5.32 Å². The highest BCUT2D eigenvalue weighted by Gasteiger charge is 2.35. The minimum absolute atomic E-state index is 0.217. The lowest BCUT2D eigenvalue weighted by Crippen LogP contribution is -2.43. The largest absolute Gasteiger partial charge is 0.416 e. The number of hydrogen-bond acceptors (Lipinski definition) is 2. The van der Waals surface area contributed by atoms with Crippen molar-refractivity contribution in [3.63, 3.8) is 0 Å². The molecule has 1 atom stereocenters. The standard InChI is InChI=1S/C19H16F4N2O2/c20-14-7-3-12(4-8-14)18(27)25-11-1-2-16(25)17(26)24-15-9-5-13(6-10-15)19(21,22)23/h3-10,16H,1-2,11H2,(H,24,26). The van der Waals surface area contributed by atoms with E-state index in [0.717, 1.165) is 12.1 Å². The summed E-state index contributed by atoms with van der Waals surface area (Å²) in [6.45, 7) is 0.376. The Labute approximate surface area is 152 Å². The molecule has 0 aromatic heterocycles. The Balaban J connectivity index is 1.70. The topological polar surface area (TPSA) is 49.4 Å². The number of nitrogens with zero attached hydrogens (tertiary/aromatic N) is 1. The Morgan fingerprint density at radius 3 is 2.22 bits per heavy atom. The summed E-state index contributed by atoms with van der Waals surface area (Å²) in [5, 5.41) is 2.55. The summed E-state index contributed by atoms with van der Waals surface area (Å²) in [5.41, 5.74) is -0.325. The fourth-order valence-electron chi connectivity index (χ4n) is 3.01. The first kappa shape index (κ1) is 18.9. The molecule has 4 nitrogen and oxygen atoms in total. The molecular formula is C19H16F4N2O2. The molecule has 1 heterocycles. The van der Waals surface area contributed by atoms with Gasteiger partial charge in [-0.3, -0.25) is 9.59 Å². The van der Waals surface area contributed by atoms with Crippen LogP contribution in [0.25, 0.3) is 0 Å². The van der Waals surface area contributed by atoms with Crippen molar-refractivity contribution in [3.8, 4) is 0 Å². The fraction of sp³-hybridized carbons (Fsp3) is 0.263. The molecule has 3 rings (SSSR count). The number of carbonyl (C=O) groups excluding carboxylic acids is 2. The molecule has 27 heavy (non-hydrogen) atoms. The number of carbonyl (C=O) groups is 2. The van der Waals surface area contributed by atoms with Gasteiger partial charge in [-0.15, -0.1) is 0 Å². The first-order valence-electron chi connectivity index (χ1n) is 8.30. The van der Waals surface area contributed by atoms with Gasteiger partial charge in [0.15, 0.2) is 0 Å². The van der Waals surface area contributed by atoms with Crippen LogP contribution in [0.2, 0.25) is 0 Å². The van der Waals surface area contributed by atoms with Gasteiger partial charge in [-0.05, 0) is 61.4 Å². The maximum absolute atomic E-state index is 13.0. The van der Waals surface area contributed by atoms with E-state index in [1.807, 2.05) is 0 Å². The van der Waals surface area contributed by atoms with E-state index >= 15 is 0 Å². The molecular weight excluding hydrogens is 364 g/mol. The molecule has 0 aliphatic carbocycles. The highest BCUT2D eigenvalue weighted by atomic mass is 19.4. The Kier molecular flexibility index (Phi) is 5.16. The third-order valence-electron chi connectivity index (χ3n) is 4.39. The maximum atomic E-state index is 13.0. The van der Waals surface area contributed by atoms with Gasteiger partial charge in [-0.2, -0.15) is 13.2 Å². The number of halogens is 4. The predicted molar refractivity (Wildman–Crippen MR) is 90.5 cm³/mol. The summed E-state index contributed by atoms with van der Waals surface area (Å²) in [5.74, 6) is -1.33. The summed E-state index contributed by atoms with van der Waals surface area (Å²) < 4.78 is 50.8. The van der Waals surface area contributed by atoms with Crippen molar-refractivity contribution in [2.75, 3.05) is 11.9 Å². The molecule has 0 saturated carbocycles. The summed E-state index contributed by atoms with van der Waals surface area (Å²) in [4.78, 5) is 26.5. The number of anilines is 1. The molecule has 1 saturated heterocycles. The van der Waals surface area contributed by atoms with Crippen LogP contribution in [0.15, 0.2) is 48.5 Å². The van der Waals surface area contributed by atoms with Crippen molar-refractivity contribution in [2.45, 2.75) is 25.1 Å². The number of benzene rings is 2. The second-order valence-electron chi connectivity index (χ2n) is 6.23. The highest BCUT2D eigenvalue weighted by Crippen LogP contribution is 2.30. The normalized spacial score (nSPS) is 17.0. The molecule has 0 radical (unpaired) electrons. The second kappa shape index (κ2) is 7.38. The predicted octanol–water partition coefficient (Wildman–Crippen LogP) is 4.09. The lowest BCUT2D eigenvalue weighted by molar-refractivity contribution is -0.137. The summed E-state index contributed by atoms with van der Waals surface area (Å²) >= 11 is 0. The molecule has 0 spiro atoms. The van der Waals surface area contributed by atoms with Crippen LogP contribution in [0.3, 0.4) is 0 Å². The Morgan fingerprint density at radius 1 is 1.00 bits per heavy atom. The van der Waals surface area contributed by atoms with E-state index in [1.165, 1.54) is 41.3 Å². The van der Waals surface area contributed by atoms with Crippen LogP contribution >= 0.6 is 0 Å². The molecule has 1 aliphatic rings. The molecule has 1 unspecified atom stereocenters. The molecule has 2 aromatic rings. The third-order valence-corrected chi connectivity index (χ3v) is 4.39. The molecule has 142 valence electrons. The van der Waals surface area contributed by atoms with Gasteiger partial charge in [0.2, 0.25) is 5.91 Å². The zero-order valence-corrected chi connectivity index (χ0v) is 14.1. The van der Waals surface area contributed by atoms with Crippen molar-refractivity contribution in [2.24, 2.45) is 0 Å². The molecule has 1 fully saturated rings. The van der Waals surface area contributed by atoms with Crippen molar-refractivity contribution in [3.05, 3.63) is 65.5 Å². The zero-order chi connectivity index (χ0) is 19.6. The third kappa shape index (κ3) is 4.27. The van der Waals surface area contributed by atoms with E-state index in [4.69, 9.17) is 0 Å². The van der Waals surface area contributed by atoms with Gasteiger partial charge in [-0.1, -0.05) is 0 Å². The van der Waals surface area contributed by atoms with E-state index < -0.39 is 29.5 Å². The van der Waals surface area contributed by atoms with Crippen molar-refractivity contribution in [1.29, 1.82) is 0 Å². The number of alkyl halides is 3. The van der Waals surface area contributed by atoms with Crippen LogP contribution in [0.4, 0.5) is 23.2 Å².